The minimum atomic E-state index is -0.358. The molecule has 0 bridgehead atoms. The Labute approximate surface area is 124 Å². The molecule has 0 N–H and O–H groups in total. The normalized spacial score (nSPS) is 18.6. The minimum absolute atomic E-state index is 0.358. The van der Waals surface area contributed by atoms with Gasteiger partial charge in [-0.15, -0.1) is 0 Å². The second-order valence-corrected chi connectivity index (χ2v) is 5.33. The summed E-state index contributed by atoms with van der Waals surface area (Å²) in [5, 5.41) is 0. The molecule has 0 saturated carbocycles. The fourth-order valence-corrected chi connectivity index (χ4v) is 2.74. The third-order valence-corrected chi connectivity index (χ3v) is 3.91. The molecular formula is C17H18N2O2. The Balaban J connectivity index is 1.69. The van der Waals surface area contributed by atoms with E-state index in [9.17, 15) is 4.79 Å². The number of carbonyl (C=O) groups excluding carboxylic acids is 1. The van der Waals surface area contributed by atoms with Crippen molar-refractivity contribution in [2.24, 2.45) is 0 Å². The van der Waals surface area contributed by atoms with Crippen molar-refractivity contribution in [3.05, 3.63) is 59.9 Å². The maximum Gasteiger partial charge on any atom is 0.343 e. The van der Waals surface area contributed by atoms with Crippen LogP contribution in [0.25, 0.3) is 0 Å². The number of esters is 1. The van der Waals surface area contributed by atoms with Gasteiger partial charge in [0.15, 0.2) is 0 Å². The summed E-state index contributed by atoms with van der Waals surface area (Å²) in [6.45, 7) is 1.14. The largest absolute Gasteiger partial charge is 0.423 e. The lowest BCUT2D eigenvalue weighted by atomic mass is 10.0. The van der Waals surface area contributed by atoms with Crippen LogP contribution >= 0.6 is 0 Å². The number of hydrogen-bond acceptors (Lipinski definition) is 4. The molecule has 1 aliphatic heterocycles. The lowest BCUT2D eigenvalue weighted by Crippen LogP contribution is -2.17. The molecule has 0 amide bonds. The number of ether oxygens (including phenoxy) is 1. The van der Waals surface area contributed by atoms with E-state index in [-0.39, 0.29) is 5.97 Å². The number of likely N-dealkylation sites (tertiary alicyclic amines) is 1. The first-order valence-electron chi connectivity index (χ1n) is 7.16. The van der Waals surface area contributed by atoms with Crippen molar-refractivity contribution in [3.63, 3.8) is 0 Å². The van der Waals surface area contributed by atoms with Crippen LogP contribution in [0.3, 0.4) is 0 Å². The first kappa shape index (κ1) is 13.8. The van der Waals surface area contributed by atoms with Gasteiger partial charge in [0.2, 0.25) is 0 Å². The Morgan fingerprint density at radius 1 is 1.19 bits per heavy atom. The lowest BCUT2D eigenvalue weighted by molar-refractivity contribution is 0.0734. The molecule has 1 unspecified atom stereocenters. The summed E-state index contributed by atoms with van der Waals surface area (Å²) in [4.78, 5) is 18.2. The maximum absolute atomic E-state index is 11.9. The Bertz CT molecular complexity index is 610. The van der Waals surface area contributed by atoms with E-state index in [1.807, 2.05) is 24.3 Å². The molecule has 4 nitrogen and oxygen atoms in total. The Hall–Kier alpha value is -2.20. The van der Waals surface area contributed by atoms with Crippen molar-refractivity contribution in [1.82, 2.24) is 9.88 Å². The third kappa shape index (κ3) is 3.11. The van der Waals surface area contributed by atoms with Gasteiger partial charge in [-0.1, -0.05) is 12.1 Å². The smallest absolute Gasteiger partial charge is 0.343 e. The zero-order valence-corrected chi connectivity index (χ0v) is 12.0. The molecule has 4 heteroatoms. The molecule has 0 spiro atoms. The van der Waals surface area contributed by atoms with Gasteiger partial charge < -0.3 is 4.74 Å². The molecule has 21 heavy (non-hydrogen) atoms. The van der Waals surface area contributed by atoms with Gasteiger partial charge in [-0.05, 0) is 56.3 Å². The molecule has 3 rings (SSSR count). The van der Waals surface area contributed by atoms with Crippen molar-refractivity contribution in [1.29, 1.82) is 0 Å². The zero-order chi connectivity index (χ0) is 14.7. The van der Waals surface area contributed by atoms with Crippen LogP contribution in [0.2, 0.25) is 0 Å². The molecule has 1 fully saturated rings. The van der Waals surface area contributed by atoms with Crippen molar-refractivity contribution in [2.45, 2.75) is 18.9 Å². The first-order valence-corrected chi connectivity index (χ1v) is 7.16. The van der Waals surface area contributed by atoms with Crippen molar-refractivity contribution < 1.29 is 9.53 Å². The second kappa shape index (κ2) is 6.06. The van der Waals surface area contributed by atoms with E-state index in [0.717, 1.165) is 6.54 Å². The van der Waals surface area contributed by atoms with E-state index < -0.39 is 0 Å². The maximum atomic E-state index is 11.9. The highest BCUT2D eigenvalue weighted by atomic mass is 16.5. The summed E-state index contributed by atoms with van der Waals surface area (Å²) >= 11 is 0. The number of rotatable bonds is 3. The zero-order valence-electron chi connectivity index (χ0n) is 12.0. The van der Waals surface area contributed by atoms with Gasteiger partial charge in [-0.3, -0.25) is 9.88 Å². The van der Waals surface area contributed by atoms with Gasteiger partial charge in [-0.25, -0.2) is 4.79 Å². The summed E-state index contributed by atoms with van der Waals surface area (Å²) in [5.74, 6) is 0.212. The predicted molar refractivity (Wildman–Crippen MR) is 80.2 cm³/mol. The van der Waals surface area contributed by atoms with E-state index in [0.29, 0.717) is 17.4 Å². The molecule has 1 aliphatic rings. The summed E-state index contributed by atoms with van der Waals surface area (Å²) in [6, 6.07) is 11.6. The third-order valence-electron chi connectivity index (χ3n) is 3.91. The Kier molecular flexibility index (Phi) is 3.97. The van der Waals surface area contributed by atoms with Crippen LogP contribution < -0.4 is 4.74 Å². The SMILES string of the molecule is CN1CCCC1c1ccc(OC(=O)c2ccncc2)cc1. The molecule has 2 aromatic rings. The quantitative estimate of drug-likeness (QED) is 0.641. The lowest BCUT2D eigenvalue weighted by Gasteiger charge is -2.19. The summed E-state index contributed by atoms with van der Waals surface area (Å²) in [5.41, 5.74) is 1.78. The molecule has 1 aromatic heterocycles. The van der Waals surface area contributed by atoms with Gasteiger partial charge >= 0.3 is 5.97 Å². The van der Waals surface area contributed by atoms with Crippen LogP contribution in [-0.4, -0.2) is 29.4 Å². The number of carbonyl (C=O) groups is 1. The minimum Gasteiger partial charge on any atom is -0.423 e. The fourth-order valence-electron chi connectivity index (χ4n) is 2.74. The van der Waals surface area contributed by atoms with Crippen molar-refractivity contribution in [2.75, 3.05) is 13.6 Å². The number of aromatic nitrogens is 1. The molecule has 1 aromatic carbocycles. The highest BCUT2D eigenvalue weighted by molar-refractivity contribution is 5.90. The second-order valence-electron chi connectivity index (χ2n) is 5.33. The molecular weight excluding hydrogens is 264 g/mol. The molecule has 1 saturated heterocycles. The monoisotopic (exact) mass is 282 g/mol. The molecule has 108 valence electrons. The van der Waals surface area contributed by atoms with E-state index in [1.54, 1.807) is 24.5 Å². The molecule has 2 heterocycles. The number of nitrogens with zero attached hydrogens (tertiary/aromatic N) is 2. The Morgan fingerprint density at radius 2 is 1.90 bits per heavy atom. The van der Waals surface area contributed by atoms with Crippen LogP contribution in [0.15, 0.2) is 48.8 Å². The summed E-state index contributed by atoms with van der Waals surface area (Å²) in [7, 11) is 2.15. The average molecular weight is 282 g/mol. The van der Waals surface area contributed by atoms with E-state index >= 15 is 0 Å². The number of benzene rings is 1. The molecule has 1 atom stereocenters. The van der Waals surface area contributed by atoms with Gasteiger partial charge in [-0.2, -0.15) is 0 Å². The van der Waals surface area contributed by atoms with Crippen molar-refractivity contribution in [3.8, 4) is 5.75 Å². The van der Waals surface area contributed by atoms with E-state index in [1.165, 1.54) is 18.4 Å². The highest BCUT2D eigenvalue weighted by Gasteiger charge is 2.22. The molecule has 0 aliphatic carbocycles. The topological polar surface area (TPSA) is 42.4 Å². The van der Waals surface area contributed by atoms with Crippen LogP contribution in [-0.2, 0) is 0 Å². The van der Waals surface area contributed by atoms with Crippen LogP contribution in [0.1, 0.15) is 34.8 Å². The first-order chi connectivity index (χ1) is 10.2. The van der Waals surface area contributed by atoms with Crippen LogP contribution in [0, 0.1) is 0 Å². The number of pyridine rings is 1. The molecule has 0 radical (unpaired) electrons. The van der Waals surface area contributed by atoms with Gasteiger partial charge in [0.05, 0.1) is 5.56 Å². The van der Waals surface area contributed by atoms with Gasteiger partial charge in [0.1, 0.15) is 5.75 Å². The predicted octanol–water partition coefficient (Wildman–Crippen LogP) is 3.07. The summed E-state index contributed by atoms with van der Waals surface area (Å²) in [6.07, 6.45) is 5.58. The van der Waals surface area contributed by atoms with Crippen molar-refractivity contribution >= 4 is 5.97 Å². The fraction of sp³-hybridized carbons (Fsp3) is 0.294. The Morgan fingerprint density at radius 3 is 2.52 bits per heavy atom. The van der Waals surface area contributed by atoms with E-state index in [2.05, 4.69) is 16.9 Å². The van der Waals surface area contributed by atoms with Crippen LogP contribution in [0.5, 0.6) is 5.75 Å². The van der Waals surface area contributed by atoms with Gasteiger partial charge in [0, 0.05) is 18.4 Å². The van der Waals surface area contributed by atoms with Crippen LogP contribution in [0.4, 0.5) is 0 Å². The average Bonchev–Trinajstić information content (AvgIpc) is 2.95. The van der Waals surface area contributed by atoms with Gasteiger partial charge in [0.25, 0.3) is 0 Å². The summed E-state index contributed by atoms with van der Waals surface area (Å²) < 4.78 is 5.36. The number of hydrogen-bond donors (Lipinski definition) is 0. The highest BCUT2D eigenvalue weighted by Crippen LogP contribution is 2.31. The van der Waals surface area contributed by atoms with E-state index in [4.69, 9.17) is 4.74 Å². The standard InChI is InChI=1S/C17H18N2O2/c1-19-12-2-3-16(19)13-4-6-15(7-5-13)21-17(20)14-8-10-18-11-9-14/h4-11,16H,2-3,12H2,1H3.